The molecule has 0 aliphatic carbocycles. The first-order valence-corrected chi connectivity index (χ1v) is 6.82. The lowest BCUT2D eigenvalue weighted by Crippen LogP contribution is -1.96. The number of fused-ring (bicyclic) bond motifs is 1. The van der Waals surface area contributed by atoms with E-state index in [-0.39, 0.29) is 0 Å². The van der Waals surface area contributed by atoms with Crippen molar-refractivity contribution in [2.24, 2.45) is 7.05 Å². The van der Waals surface area contributed by atoms with Gasteiger partial charge in [0.15, 0.2) is 0 Å². The number of halogens is 1. The number of aliphatic hydroxyl groups is 1. The van der Waals surface area contributed by atoms with Gasteiger partial charge in [-0.2, -0.15) is 0 Å². The highest BCUT2D eigenvalue weighted by atomic mass is 35.5. The van der Waals surface area contributed by atoms with Crippen molar-refractivity contribution in [1.82, 2.24) is 9.55 Å². The average molecular weight is 287 g/mol. The van der Waals surface area contributed by atoms with Gasteiger partial charge in [0.2, 0.25) is 0 Å². The number of aryl methyl sites for hydroxylation is 1. The van der Waals surface area contributed by atoms with Gasteiger partial charge in [-0.1, -0.05) is 17.7 Å². The maximum Gasteiger partial charge on any atom is 0.0777 e. The van der Waals surface area contributed by atoms with E-state index in [1.165, 1.54) is 0 Å². The Hall–Kier alpha value is -1.84. The summed E-state index contributed by atoms with van der Waals surface area (Å²) in [6, 6.07) is 9.92. The number of nitrogens with zero attached hydrogens (tertiary/aromatic N) is 2. The van der Waals surface area contributed by atoms with Gasteiger partial charge in [0.1, 0.15) is 0 Å². The second-order valence-corrected chi connectivity index (χ2v) is 5.41. The molecular weight excluding hydrogens is 272 g/mol. The third-order valence-corrected chi connectivity index (χ3v) is 3.78. The van der Waals surface area contributed by atoms with E-state index in [0.29, 0.717) is 0 Å². The number of hydrogen-bond donors (Lipinski definition) is 1. The normalized spacial score (nSPS) is 12.8. The number of aromatic nitrogens is 2. The smallest absolute Gasteiger partial charge is 0.0777 e. The number of aliphatic hydroxyl groups excluding tert-OH is 1. The van der Waals surface area contributed by atoms with Crippen LogP contribution in [0.4, 0.5) is 0 Å². The standard InChI is InChI=1S/C16H15ClN2O/c1-10(20)12-5-13(9-18-8-12)15-6-11-3-4-14(17)7-16(11)19(15)2/h3-10,20H,1-2H3. The molecule has 3 rings (SSSR count). The summed E-state index contributed by atoms with van der Waals surface area (Å²) in [5, 5.41) is 11.5. The molecule has 0 aliphatic rings. The van der Waals surface area contributed by atoms with Crippen LogP contribution >= 0.6 is 11.6 Å². The molecule has 0 saturated heterocycles. The maximum atomic E-state index is 9.68. The Morgan fingerprint density at radius 1 is 1.20 bits per heavy atom. The highest BCUT2D eigenvalue weighted by Gasteiger charge is 2.10. The van der Waals surface area contributed by atoms with E-state index >= 15 is 0 Å². The van der Waals surface area contributed by atoms with Crippen molar-refractivity contribution in [2.75, 3.05) is 0 Å². The quantitative estimate of drug-likeness (QED) is 0.775. The summed E-state index contributed by atoms with van der Waals surface area (Å²) >= 11 is 6.05. The van der Waals surface area contributed by atoms with Gasteiger partial charge in [-0.25, -0.2) is 0 Å². The van der Waals surface area contributed by atoms with Gasteiger partial charge in [-0.05, 0) is 36.8 Å². The molecule has 3 nitrogen and oxygen atoms in total. The van der Waals surface area contributed by atoms with Crippen LogP contribution in [0.2, 0.25) is 5.02 Å². The zero-order valence-corrected chi connectivity index (χ0v) is 12.1. The van der Waals surface area contributed by atoms with Gasteiger partial charge >= 0.3 is 0 Å². The molecule has 3 aromatic rings. The van der Waals surface area contributed by atoms with Crippen LogP contribution in [0, 0.1) is 0 Å². The largest absolute Gasteiger partial charge is 0.389 e. The maximum absolute atomic E-state index is 9.68. The second kappa shape index (κ2) is 4.93. The summed E-state index contributed by atoms with van der Waals surface area (Å²) in [5.74, 6) is 0. The first kappa shape index (κ1) is 13.2. The molecule has 2 heterocycles. The third kappa shape index (κ3) is 2.19. The van der Waals surface area contributed by atoms with Gasteiger partial charge < -0.3 is 9.67 Å². The molecule has 102 valence electrons. The molecule has 1 unspecified atom stereocenters. The van der Waals surface area contributed by atoms with Gasteiger partial charge in [-0.15, -0.1) is 0 Å². The SMILES string of the molecule is CC(O)c1cncc(-c2cc3ccc(Cl)cc3n2C)c1. The van der Waals surface area contributed by atoms with E-state index < -0.39 is 6.10 Å². The molecule has 0 radical (unpaired) electrons. The van der Waals surface area contributed by atoms with Crippen molar-refractivity contribution >= 4 is 22.5 Å². The van der Waals surface area contributed by atoms with Crippen molar-refractivity contribution in [1.29, 1.82) is 0 Å². The van der Waals surface area contributed by atoms with Crippen molar-refractivity contribution in [3.63, 3.8) is 0 Å². The summed E-state index contributed by atoms with van der Waals surface area (Å²) in [6.45, 7) is 1.74. The van der Waals surface area contributed by atoms with Crippen LogP contribution in [0.25, 0.3) is 22.2 Å². The Bertz CT molecular complexity index is 777. The molecule has 1 aromatic carbocycles. The molecule has 0 bridgehead atoms. The van der Waals surface area contributed by atoms with E-state index in [1.54, 1.807) is 13.1 Å². The minimum Gasteiger partial charge on any atom is -0.389 e. The number of rotatable bonds is 2. The number of benzene rings is 1. The molecule has 2 aromatic heterocycles. The Labute approximate surface area is 122 Å². The van der Waals surface area contributed by atoms with E-state index in [9.17, 15) is 5.11 Å². The predicted molar refractivity (Wildman–Crippen MR) is 81.8 cm³/mol. The zero-order chi connectivity index (χ0) is 14.3. The van der Waals surface area contributed by atoms with Crippen LogP contribution in [-0.2, 0) is 7.05 Å². The first-order chi connectivity index (χ1) is 9.56. The van der Waals surface area contributed by atoms with Crippen LogP contribution in [0.15, 0.2) is 42.7 Å². The minimum atomic E-state index is -0.522. The molecule has 1 atom stereocenters. The fraction of sp³-hybridized carbons (Fsp3) is 0.188. The summed E-state index contributed by atoms with van der Waals surface area (Å²) < 4.78 is 2.09. The summed E-state index contributed by atoms with van der Waals surface area (Å²) in [5.41, 5.74) is 3.93. The number of hydrogen-bond acceptors (Lipinski definition) is 2. The molecule has 4 heteroatoms. The molecular formula is C16H15ClN2O. The monoisotopic (exact) mass is 286 g/mol. The highest BCUT2D eigenvalue weighted by molar-refractivity contribution is 6.31. The van der Waals surface area contributed by atoms with Crippen LogP contribution in [0.1, 0.15) is 18.6 Å². The second-order valence-electron chi connectivity index (χ2n) is 4.97. The first-order valence-electron chi connectivity index (χ1n) is 6.44. The van der Waals surface area contributed by atoms with Crippen LogP contribution in [-0.4, -0.2) is 14.7 Å². The molecule has 0 fully saturated rings. The Kier molecular flexibility index (Phi) is 3.24. The Balaban J connectivity index is 2.19. The lowest BCUT2D eigenvalue weighted by molar-refractivity contribution is 0.199. The third-order valence-electron chi connectivity index (χ3n) is 3.54. The molecule has 20 heavy (non-hydrogen) atoms. The molecule has 0 aliphatic heterocycles. The fourth-order valence-corrected chi connectivity index (χ4v) is 2.57. The van der Waals surface area contributed by atoms with Gasteiger partial charge in [0.25, 0.3) is 0 Å². The zero-order valence-electron chi connectivity index (χ0n) is 11.3. The molecule has 0 saturated carbocycles. The number of pyridine rings is 1. The fourth-order valence-electron chi connectivity index (χ4n) is 2.41. The van der Waals surface area contributed by atoms with Crippen LogP contribution in [0.3, 0.4) is 0 Å². The van der Waals surface area contributed by atoms with Gasteiger partial charge in [-0.3, -0.25) is 4.98 Å². The topological polar surface area (TPSA) is 38.1 Å². The molecule has 0 amide bonds. The van der Waals surface area contributed by atoms with Crippen LogP contribution in [0.5, 0.6) is 0 Å². The highest BCUT2D eigenvalue weighted by Crippen LogP contribution is 2.29. The van der Waals surface area contributed by atoms with E-state index in [4.69, 9.17) is 11.6 Å². The van der Waals surface area contributed by atoms with Crippen LogP contribution < -0.4 is 0 Å². The van der Waals surface area contributed by atoms with Crippen molar-refractivity contribution in [3.05, 3.63) is 53.3 Å². The lowest BCUT2D eigenvalue weighted by atomic mass is 10.1. The average Bonchev–Trinajstić information content (AvgIpc) is 2.76. The lowest BCUT2D eigenvalue weighted by Gasteiger charge is -2.08. The summed E-state index contributed by atoms with van der Waals surface area (Å²) in [6.07, 6.45) is 2.97. The van der Waals surface area contributed by atoms with E-state index in [2.05, 4.69) is 15.6 Å². The van der Waals surface area contributed by atoms with E-state index in [0.717, 1.165) is 32.7 Å². The van der Waals surface area contributed by atoms with Crippen molar-refractivity contribution < 1.29 is 5.11 Å². The van der Waals surface area contributed by atoms with E-state index in [1.807, 2.05) is 37.5 Å². The summed E-state index contributed by atoms with van der Waals surface area (Å²) in [7, 11) is 2.00. The Morgan fingerprint density at radius 3 is 2.75 bits per heavy atom. The summed E-state index contributed by atoms with van der Waals surface area (Å²) in [4.78, 5) is 4.21. The van der Waals surface area contributed by atoms with Crippen molar-refractivity contribution in [2.45, 2.75) is 13.0 Å². The minimum absolute atomic E-state index is 0.522. The van der Waals surface area contributed by atoms with Crippen molar-refractivity contribution in [3.8, 4) is 11.3 Å². The molecule has 0 spiro atoms. The predicted octanol–water partition coefficient (Wildman–Crippen LogP) is 3.95. The van der Waals surface area contributed by atoms with Gasteiger partial charge in [0.05, 0.1) is 11.8 Å². The Morgan fingerprint density at radius 2 is 2.00 bits per heavy atom. The molecule has 1 N–H and O–H groups in total. The van der Waals surface area contributed by atoms with Gasteiger partial charge in [0, 0.05) is 40.9 Å².